The third-order valence-electron chi connectivity index (χ3n) is 6.67. The molecule has 0 aliphatic rings. The minimum absolute atomic E-state index is 0.0551. The van der Waals surface area contributed by atoms with Crippen LogP contribution < -0.4 is 21.7 Å². The number of phenolic OH excluding ortho intramolecular Hbond substituents is 1. The smallest absolute Gasteiger partial charge is 0.326 e. The lowest BCUT2D eigenvalue weighted by atomic mass is 9.97. The summed E-state index contributed by atoms with van der Waals surface area (Å²) in [6, 6.07) is 11.3. The second kappa shape index (κ2) is 14.9. The van der Waals surface area contributed by atoms with Gasteiger partial charge in [0.2, 0.25) is 17.7 Å². The normalized spacial score (nSPS) is 14.9. The summed E-state index contributed by atoms with van der Waals surface area (Å²) in [5, 5.41) is 27.1. The van der Waals surface area contributed by atoms with Crippen molar-refractivity contribution in [2.24, 2.45) is 17.6 Å². The molecule has 5 atom stereocenters. The molecule has 0 fully saturated rings. The first-order valence-corrected chi connectivity index (χ1v) is 13.1. The number of benzene rings is 2. The summed E-state index contributed by atoms with van der Waals surface area (Å²) in [6.07, 6.45) is 0.885. The standard InChI is InChI=1S/C29H40N4O6/c1-5-18(4)25(29(38)39)33-28(37)24(17(2)3)32-27(36)23(16-20-11-13-21(34)14-12-20)31-26(35)22(30)15-19-9-7-6-8-10-19/h6-14,17-18,22-25,34H,5,15-16,30H2,1-4H3,(H,31,35)(H,32,36)(H,33,37)(H,38,39). The molecular formula is C29H40N4O6. The summed E-state index contributed by atoms with van der Waals surface area (Å²) in [5.41, 5.74) is 7.67. The van der Waals surface area contributed by atoms with Crippen LogP contribution in [-0.4, -0.2) is 58.1 Å². The molecule has 10 heteroatoms. The summed E-state index contributed by atoms with van der Waals surface area (Å²) >= 11 is 0. The SMILES string of the molecule is CCC(C)C(NC(=O)C(NC(=O)C(Cc1ccc(O)cc1)NC(=O)C(N)Cc1ccccc1)C(C)C)C(=O)O. The Morgan fingerprint density at radius 3 is 1.87 bits per heavy atom. The highest BCUT2D eigenvalue weighted by Crippen LogP contribution is 2.14. The van der Waals surface area contributed by atoms with Crippen molar-refractivity contribution in [3.05, 3.63) is 65.7 Å². The van der Waals surface area contributed by atoms with Crippen molar-refractivity contribution in [3.8, 4) is 5.75 Å². The molecule has 0 aliphatic carbocycles. The topological polar surface area (TPSA) is 171 Å². The number of amides is 3. The van der Waals surface area contributed by atoms with Gasteiger partial charge in [-0.15, -0.1) is 0 Å². The van der Waals surface area contributed by atoms with Crippen LogP contribution in [0.2, 0.25) is 0 Å². The molecule has 212 valence electrons. The van der Waals surface area contributed by atoms with E-state index in [0.29, 0.717) is 12.0 Å². The fourth-order valence-electron chi connectivity index (χ4n) is 4.03. The van der Waals surface area contributed by atoms with E-state index in [2.05, 4.69) is 16.0 Å². The highest BCUT2D eigenvalue weighted by molar-refractivity contribution is 5.94. The fourth-order valence-corrected chi connectivity index (χ4v) is 4.03. The molecule has 0 aliphatic heterocycles. The van der Waals surface area contributed by atoms with Crippen LogP contribution in [-0.2, 0) is 32.0 Å². The summed E-state index contributed by atoms with van der Waals surface area (Å²) in [6.45, 7) is 7.01. The van der Waals surface area contributed by atoms with Crippen LogP contribution in [0.1, 0.15) is 45.2 Å². The number of hydrogen-bond acceptors (Lipinski definition) is 6. The van der Waals surface area contributed by atoms with E-state index in [9.17, 15) is 29.4 Å². The van der Waals surface area contributed by atoms with Gasteiger partial charge in [-0.2, -0.15) is 0 Å². The van der Waals surface area contributed by atoms with E-state index in [1.807, 2.05) is 37.3 Å². The molecule has 0 heterocycles. The van der Waals surface area contributed by atoms with Crippen molar-refractivity contribution in [1.29, 1.82) is 0 Å². The molecule has 10 nitrogen and oxygen atoms in total. The minimum Gasteiger partial charge on any atom is -0.508 e. The Morgan fingerprint density at radius 2 is 1.33 bits per heavy atom. The van der Waals surface area contributed by atoms with Gasteiger partial charge in [-0.05, 0) is 41.5 Å². The molecule has 7 N–H and O–H groups in total. The van der Waals surface area contributed by atoms with Gasteiger partial charge in [-0.1, -0.05) is 76.6 Å². The first-order chi connectivity index (χ1) is 18.4. The van der Waals surface area contributed by atoms with Crippen molar-refractivity contribution in [3.63, 3.8) is 0 Å². The van der Waals surface area contributed by atoms with Gasteiger partial charge in [0.05, 0.1) is 6.04 Å². The van der Waals surface area contributed by atoms with E-state index in [0.717, 1.165) is 5.56 Å². The zero-order valence-corrected chi connectivity index (χ0v) is 22.9. The predicted molar refractivity (Wildman–Crippen MR) is 148 cm³/mol. The Morgan fingerprint density at radius 1 is 0.769 bits per heavy atom. The van der Waals surface area contributed by atoms with Gasteiger partial charge >= 0.3 is 5.97 Å². The highest BCUT2D eigenvalue weighted by Gasteiger charge is 2.33. The number of nitrogens with two attached hydrogens (primary N) is 1. The molecule has 0 saturated heterocycles. The number of aliphatic carboxylic acids is 1. The van der Waals surface area contributed by atoms with Gasteiger partial charge in [-0.3, -0.25) is 14.4 Å². The molecule has 5 unspecified atom stereocenters. The average Bonchev–Trinajstić information content (AvgIpc) is 2.90. The number of nitrogens with one attached hydrogen (secondary N) is 3. The van der Waals surface area contributed by atoms with E-state index in [1.54, 1.807) is 32.9 Å². The summed E-state index contributed by atoms with van der Waals surface area (Å²) < 4.78 is 0. The van der Waals surface area contributed by atoms with E-state index < -0.39 is 47.9 Å². The van der Waals surface area contributed by atoms with Gasteiger partial charge in [0.1, 0.15) is 23.9 Å². The number of carboxylic acid groups (broad SMARTS) is 1. The number of aromatic hydroxyl groups is 1. The molecule has 0 saturated carbocycles. The summed E-state index contributed by atoms with van der Waals surface area (Å²) in [7, 11) is 0. The number of carboxylic acids is 1. The van der Waals surface area contributed by atoms with Crippen molar-refractivity contribution < 1.29 is 29.4 Å². The van der Waals surface area contributed by atoms with Crippen molar-refractivity contribution in [2.45, 2.75) is 71.1 Å². The Hall–Kier alpha value is -3.92. The molecular weight excluding hydrogens is 500 g/mol. The van der Waals surface area contributed by atoms with Crippen molar-refractivity contribution in [1.82, 2.24) is 16.0 Å². The molecule has 0 spiro atoms. The minimum atomic E-state index is -1.16. The number of carbonyl (C=O) groups excluding carboxylic acids is 3. The van der Waals surface area contributed by atoms with Crippen LogP contribution >= 0.6 is 0 Å². The number of phenols is 1. The largest absolute Gasteiger partial charge is 0.508 e. The highest BCUT2D eigenvalue weighted by atomic mass is 16.4. The molecule has 39 heavy (non-hydrogen) atoms. The Labute approximate surface area is 229 Å². The first-order valence-electron chi connectivity index (χ1n) is 13.1. The van der Waals surface area contributed by atoms with E-state index in [1.165, 1.54) is 12.1 Å². The quantitative estimate of drug-likeness (QED) is 0.212. The maximum Gasteiger partial charge on any atom is 0.326 e. The Bertz CT molecular complexity index is 1110. The third-order valence-corrected chi connectivity index (χ3v) is 6.67. The average molecular weight is 541 g/mol. The third kappa shape index (κ3) is 9.72. The predicted octanol–water partition coefficient (Wildman–Crippen LogP) is 1.75. The van der Waals surface area contributed by atoms with Gasteiger partial charge < -0.3 is 31.9 Å². The molecule has 2 aromatic carbocycles. The lowest BCUT2D eigenvalue weighted by Crippen LogP contribution is -2.59. The van der Waals surface area contributed by atoms with E-state index in [4.69, 9.17) is 5.73 Å². The van der Waals surface area contributed by atoms with Gasteiger partial charge in [0, 0.05) is 6.42 Å². The van der Waals surface area contributed by atoms with Crippen LogP contribution in [0.5, 0.6) is 5.75 Å². The van der Waals surface area contributed by atoms with Crippen molar-refractivity contribution >= 4 is 23.7 Å². The van der Waals surface area contributed by atoms with Crippen LogP contribution in [0.15, 0.2) is 54.6 Å². The lowest BCUT2D eigenvalue weighted by Gasteiger charge is -2.28. The van der Waals surface area contributed by atoms with Crippen LogP contribution in [0.25, 0.3) is 0 Å². The van der Waals surface area contributed by atoms with Gasteiger partial charge in [-0.25, -0.2) is 4.79 Å². The molecule has 2 aromatic rings. The lowest BCUT2D eigenvalue weighted by molar-refractivity contribution is -0.144. The molecule has 3 amide bonds. The van der Waals surface area contributed by atoms with Crippen LogP contribution in [0, 0.1) is 11.8 Å². The van der Waals surface area contributed by atoms with Gasteiger partial charge in [0.15, 0.2) is 0 Å². The maximum atomic E-state index is 13.4. The summed E-state index contributed by atoms with van der Waals surface area (Å²) in [5.74, 6) is -3.57. The molecule has 0 radical (unpaired) electrons. The fraction of sp³-hybridized carbons (Fsp3) is 0.448. The molecule has 2 rings (SSSR count). The number of carbonyl (C=O) groups is 4. The number of hydrogen-bond donors (Lipinski definition) is 6. The monoisotopic (exact) mass is 540 g/mol. The Kier molecular flexibility index (Phi) is 11.9. The van der Waals surface area contributed by atoms with E-state index >= 15 is 0 Å². The second-order valence-electron chi connectivity index (χ2n) is 10.2. The second-order valence-corrected chi connectivity index (χ2v) is 10.2. The van der Waals surface area contributed by atoms with Crippen LogP contribution in [0.4, 0.5) is 0 Å². The molecule has 0 aromatic heterocycles. The van der Waals surface area contributed by atoms with Crippen molar-refractivity contribution in [2.75, 3.05) is 0 Å². The zero-order valence-electron chi connectivity index (χ0n) is 22.9. The number of rotatable bonds is 14. The zero-order chi connectivity index (χ0) is 29.1. The Balaban J connectivity index is 2.22. The molecule has 0 bridgehead atoms. The summed E-state index contributed by atoms with van der Waals surface area (Å²) in [4.78, 5) is 51.2. The maximum absolute atomic E-state index is 13.4. The van der Waals surface area contributed by atoms with Gasteiger partial charge in [0.25, 0.3) is 0 Å². The van der Waals surface area contributed by atoms with Crippen LogP contribution in [0.3, 0.4) is 0 Å². The first kappa shape index (κ1) is 31.3. The van der Waals surface area contributed by atoms with E-state index in [-0.39, 0.29) is 30.4 Å².